The Labute approximate surface area is 173 Å². The summed E-state index contributed by atoms with van der Waals surface area (Å²) >= 11 is 5.90. The Morgan fingerprint density at radius 3 is 2.34 bits per heavy atom. The van der Waals surface area contributed by atoms with Gasteiger partial charge in [-0.2, -0.15) is 0 Å². The van der Waals surface area contributed by atoms with Crippen molar-refractivity contribution in [3.8, 4) is 0 Å². The molecule has 2 rings (SSSR count). The van der Waals surface area contributed by atoms with Gasteiger partial charge in [0.1, 0.15) is 0 Å². The van der Waals surface area contributed by atoms with E-state index in [1.165, 1.54) is 6.07 Å². The first-order valence-corrected chi connectivity index (χ1v) is 9.25. The van der Waals surface area contributed by atoms with Crippen molar-refractivity contribution in [2.45, 2.75) is 26.7 Å². The van der Waals surface area contributed by atoms with Crippen LogP contribution in [0.15, 0.2) is 42.5 Å². The number of hydrazine groups is 1. The third kappa shape index (κ3) is 6.73. The predicted octanol–water partition coefficient (Wildman–Crippen LogP) is 2.92. The summed E-state index contributed by atoms with van der Waals surface area (Å²) in [5.74, 6) is -2.17. The number of hydrogen-bond donors (Lipinski definition) is 2. The highest BCUT2D eigenvalue weighted by Gasteiger charge is 2.14. The predicted molar refractivity (Wildman–Crippen MR) is 108 cm³/mol. The van der Waals surface area contributed by atoms with Crippen molar-refractivity contribution >= 4 is 35.2 Å². The number of hydrogen-bond acceptors (Lipinski definition) is 5. The molecule has 152 valence electrons. The number of ketones is 1. The van der Waals surface area contributed by atoms with Crippen molar-refractivity contribution in [1.82, 2.24) is 10.9 Å². The van der Waals surface area contributed by atoms with Crippen molar-refractivity contribution in [3.63, 3.8) is 0 Å². The molecule has 2 aromatic rings. The number of carbonyl (C=O) groups excluding carboxylic acids is 4. The van der Waals surface area contributed by atoms with E-state index in [-0.39, 0.29) is 29.2 Å². The van der Waals surface area contributed by atoms with E-state index in [0.717, 1.165) is 11.1 Å². The van der Waals surface area contributed by atoms with Gasteiger partial charge < -0.3 is 4.74 Å². The summed E-state index contributed by atoms with van der Waals surface area (Å²) in [7, 11) is 0. The van der Waals surface area contributed by atoms with E-state index in [0.29, 0.717) is 5.56 Å². The van der Waals surface area contributed by atoms with E-state index >= 15 is 0 Å². The SMILES string of the molecule is Cc1ccc(C(=O)COC(=O)CCC(=O)NNC(=O)c2ccccc2Cl)cc1C. The van der Waals surface area contributed by atoms with Gasteiger partial charge in [-0.05, 0) is 43.2 Å². The second kappa shape index (κ2) is 10.4. The molecule has 0 unspecified atom stereocenters. The number of rotatable bonds is 7. The quantitative estimate of drug-likeness (QED) is 0.410. The minimum atomic E-state index is -0.685. The highest BCUT2D eigenvalue weighted by molar-refractivity contribution is 6.33. The fourth-order valence-corrected chi connectivity index (χ4v) is 2.56. The molecule has 0 bridgehead atoms. The number of Topliss-reactive ketones (excluding diaryl/α,β-unsaturated/α-hetero) is 1. The van der Waals surface area contributed by atoms with Gasteiger partial charge in [0, 0.05) is 12.0 Å². The van der Waals surface area contributed by atoms with Gasteiger partial charge in [0.05, 0.1) is 17.0 Å². The molecule has 0 fully saturated rings. The Kier molecular flexibility index (Phi) is 7.91. The van der Waals surface area contributed by atoms with E-state index in [2.05, 4.69) is 10.9 Å². The molecule has 7 nitrogen and oxygen atoms in total. The molecule has 0 aliphatic heterocycles. The van der Waals surface area contributed by atoms with Gasteiger partial charge in [0.15, 0.2) is 12.4 Å². The zero-order valence-electron chi connectivity index (χ0n) is 16.1. The van der Waals surface area contributed by atoms with Crippen LogP contribution in [-0.4, -0.2) is 30.2 Å². The van der Waals surface area contributed by atoms with Gasteiger partial charge in [-0.25, -0.2) is 0 Å². The molecule has 0 atom stereocenters. The van der Waals surface area contributed by atoms with Gasteiger partial charge >= 0.3 is 5.97 Å². The molecule has 0 saturated heterocycles. The third-order valence-corrected chi connectivity index (χ3v) is 4.51. The maximum absolute atomic E-state index is 12.1. The molecule has 0 heterocycles. The van der Waals surface area contributed by atoms with Crippen molar-refractivity contribution in [1.29, 1.82) is 0 Å². The normalized spacial score (nSPS) is 10.2. The summed E-state index contributed by atoms with van der Waals surface area (Å²) in [5.41, 5.74) is 7.11. The second-order valence-corrected chi connectivity index (χ2v) is 6.77. The first kappa shape index (κ1) is 22.1. The van der Waals surface area contributed by atoms with Crippen LogP contribution < -0.4 is 10.9 Å². The molecule has 2 amide bonds. The highest BCUT2D eigenvalue weighted by atomic mass is 35.5. The molecule has 0 aliphatic carbocycles. The van der Waals surface area contributed by atoms with Crippen LogP contribution >= 0.6 is 11.6 Å². The molecule has 0 saturated carbocycles. The number of halogens is 1. The van der Waals surface area contributed by atoms with E-state index < -0.39 is 24.4 Å². The lowest BCUT2D eigenvalue weighted by molar-refractivity contribution is -0.143. The smallest absolute Gasteiger partial charge is 0.306 e. The average Bonchev–Trinajstić information content (AvgIpc) is 2.71. The zero-order valence-corrected chi connectivity index (χ0v) is 16.8. The standard InChI is InChI=1S/C21H21ClN2O5/c1-13-7-8-15(11-14(13)2)18(25)12-29-20(27)10-9-19(26)23-24-21(28)16-5-3-4-6-17(16)22/h3-8,11H,9-10,12H2,1-2H3,(H,23,26)(H,24,28). The van der Waals surface area contributed by atoms with Crippen LogP contribution in [0.5, 0.6) is 0 Å². The summed E-state index contributed by atoms with van der Waals surface area (Å²) in [6.07, 6.45) is -0.437. The molecule has 0 radical (unpaired) electrons. The second-order valence-electron chi connectivity index (χ2n) is 6.37. The van der Waals surface area contributed by atoms with Crippen LogP contribution in [0.3, 0.4) is 0 Å². The van der Waals surface area contributed by atoms with Crippen LogP contribution in [0.2, 0.25) is 5.02 Å². The van der Waals surface area contributed by atoms with Gasteiger partial charge in [-0.1, -0.05) is 35.9 Å². The number of ether oxygens (including phenoxy) is 1. The Hall–Kier alpha value is -3.19. The summed E-state index contributed by atoms with van der Waals surface area (Å²) < 4.78 is 4.92. The van der Waals surface area contributed by atoms with Crippen LogP contribution in [0.1, 0.15) is 44.7 Å². The molecular weight excluding hydrogens is 396 g/mol. The van der Waals surface area contributed by atoms with Gasteiger partial charge in [0.2, 0.25) is 5.91 Å². The number of esters is 1. The Morgan fingerprint density at radius 2 is 1.66 bits per heavy atom. The number of carbonyl (C=O) groups is 4. The van der Waals surface area contributed by atoms with E-state index in [9.17, 15) is 19.2 Å². The van der Waals surface area contributed by atoms with Crippen molar-refractivity contribution in [2.75, 3.05) is 6.61 Å². The number of benzene rings is 2. The molecular formula is C21H21ClN2O5. The lowest BCUT2D eigenvalue weighted by Gasteiger charge is -2.09. The minimum absolute atomic E-state index is 0.207. The van der Waals surface area contributed by atoms with Crippen LogP contribution in [0.25, 0.3) is 0 Å². The monoisotopic (exact) mass is 416 g/mol. The number of aryl methyl sites for hydroxylation is 2. The lowest BCUT2D eigenvalue weighted by atomic mass is 10.0. The van der Waals surface area contributed by atoms with E-state index in [4.69, 9.17) is 16.3 Å². The van der Waals surface area contributed by atoms with Crippen molar-refractivity contribution in [3.05, 3.63) is 69.7 Å². The summed E-state index contributed by atoms with van der Waals surface area (Å²) in [5, 5.41) is 0.247. The van der Waals surface area contributed by atoms with E-state index in [1.807, 2.05) is 19.9 Å². The first-order chi connectivity index (χ1) is 13.8. The lowest BCUT2D eigenvalue weighted by Crippen LogP contribution is -2.41. The Morgan fingerprint density at radius 1 is 0.931 bits per heavy atom. The van der Waals surface area contributed by atoms with Gasteiger partial charge in [-0.15, -0.1) is 0 Å². The molecule has 29 heavy (non-hydrogen) atoms. The number of amides is 2. The minimum Gasteiger partial charge on any atom is -0.457 e. The molecule has 2 aromatic carbocycles. The molecule has 0 spiro atoms. The molecule has 8 heteroatoms. The Balaban J connectivity index is 1.71. The highest BCUT2D eigenvalue weighted by Crippen LogP contribution is 2.14. The first-order valence-electron chi connectivity index (χ1n) is 8.87. The summed E-state index contributed by atoms with van der Waals surface area (Å²) in [6.45, 7) is 3.43. The maximum Gasteiger partial charge on any atom is 0.306 e. The topological polar surface area (TPSA) is 102 Å². The van der Waals surface area contributed by atoms with Gasteiger partial charge in [-0.3, -0.25) is 30.0 Å². The summed E-state index contributed by atoms with van der Waals surface area (Å²) in [4.78, 5) is 47.5. The third-order valence-electron chi connectivity index (χ3n) is 4.18. The van der Waals surface area contributed by atoms with Crippen LogP contribution in [0.4, 0.5) is 0 Å². The fraction of sp³-hybridized carbons (Fsp3) is 0.238. The zero-order chi connectivity index (χ0) is 21.4. The summed E-state index contributed by atoms with van der Waals surface area (Å²) in [6, 6.07) is 11.6. The Bertz CT molecular complexity index is 942. The van der Waals surface area contributed by atoms with Gasteiger partial charge in [0.25, 0.3) is 5.91 Å². The molecule has 0 aliphatic rings. The molecule has 2 N–H and O–H groups in total. The molecule has 0 aromatic heterocycles. The van der Waals surface area contributed by atoms with Crippen molar-refractivity contribution < 1.29 is 23.9 Å². The number of nitrogens with one attached hydrogen (secondary N) is 2. The van der Waals surface area contributed by atoms with Crippen LogP contribution in [0, 0.1) is 13.8 Å². The fourth-order valence-electron chi connectivity index (χ4n) is 2.33. The average molecular weight is 417 g/mol. The van der Waals surface area contributed by atoms with Crippen LogP contribution in [-0.2, 0) is 14.3 Å². The largest absolute Gasteiger partial charge is 0.457 e. The maximum atomic E-state index is 12.1. The van der Waals surface area contributed by atoms with Crippen molar-refractivity contribution in [2.24, 2.45) is 0 Å². The van der Waals surface area contributed by atoms with E-state index in [1.54, 1.807) is 30.3 Å².